The Morgan fingerprint density at radius 1 is 1.41 bits per heavy atom. The van der Waals surface area contributed by atoms with E-state index in [2.05, 4.69) is 19.1 Å². The van der Waals surface area contributed by atoms with Crippen LogP contribution in [0.5, 0.6) is 0 Å². The van der Waals surface area contributed by atoms with Gasteiger partial charge in [-0.3, -0.25) is 4.79 Å². The van der Waals surface area contributed by atoms with E-state index in [4.69, 9.17) is 5.73 Å². The van der Waals surface area contributed by atoms with E-state index in [0.29, 0.717) is 5.92 Å². The smallest absolute Gasteiger partial charge is 0.239 e. The Labute approximate surface area is 103 Å². The fourth-order valence-electron chi connectivity index (χ4n) is 2.37. The van der Waals surface area contributed by atoms with E-state index in [-0.39, 0.29) is 11.9 Å². The van der Waals surface area contributed by atoms with Crippen LogP contribution in [0.4, 0.5) is 0 Å². The molecular weight excluding hydrogens is 212 g/mol. The van der Waals surface area contributed by atoms with Gasteiger partial charge in [-0.1, -0.05) is 37.3 Å². The predicted molar refractivity (Wildman–Crippen MR) is 68.6 cm³/mol. The molecule has 0 radical (unpaired) electrons. The maximum atomic E-state index is 11.9. The molecule has 1 fully saturated rings. The van der Waals surface area contributed by atoms with Crippen molar-refractivity contribution in [2.45, 2.75) is 31.7 Å². The van der Waals surface area contributed by atoms with E-state index in [9.17, 15) is 4.79 Å². The molecule has 2 unspecified atom stereocenters. The highest BCUT2D eigenvalue weighted by atomic mass is 16.2. The van der Waals surface area contributed by atoms with E-state index in [1.54, 1.807) is 0 Å². The van der Waals surface area contributed by atoms with Crippen LogP contribution in [0.3, 0.4) is 0 Å². The third-order valence-electron chi connectivity index (χ3n) is 3.43. The van der Waals surface area contributed by atoms with E-state index in [1.807, 2.05) is 23.1 Å². The Morgan fingerprint density at radius 2 is 2.12 bits per heavy atom. The molecule has 1 heterocycles. The first-order valence-electron chi connectivity index (χ1n) is 6.28. The highest BCUT2D eigenvalue weighted by Crippen LogP contribution is 2.19. The molecule has 1 aliphatic heterocycles. The molecule has 3 nitrogen and oxygen atoms in total. The van der Waals surface area contributed by atoms with Crippen molar-refractivity contribution in [1.29, 1.82) is 0 Å². The van der Waals surface area contributed by atoms with Crippen LogP contribution in [-0.2, 0) is 4.79 Å². The van der Waals surface area contributed by atoms with Gasteiger partial charge in [0.25, 0.3) is 0 Å². The summed E-state index contributed by atoms with van der Waals surface area (Å²) in [6.07, 6.45) is 1.85. The molecule has 2 N–H and O–H groups in total. The zero-order chi connectivity index (χ0) is 12.3. The Hall–Kier alpha value is -1.35. The van der Waals surface area contributed by atoms with Gasteiger partial charge in [-0.25, -0.2) is 0 Å². The zero-order valence-electron chi connectivity index (χ0n) is 10.3. The van der Waals surface area contributed by atoms with Crippen molar-refractivity contribution in [2.75, 3.05) is 13.1 Å². The zero-order valence-corrected chi connectivity index (χ0v) is 10.3. The first kappa shape index (κ1) is 12.1. The van der Waals surface area contributed by atoms with E-state index < -0.39 is 0 Å². The molecule has 1 aromatic rings. The van der Waals surface area contributed by atoms with Gasteiger partial charge in [0.05, 0.1) is 6.04 Å². The second kappa shape index (κ2) is 5.32. The average Bonchev–Trinajstić information content (AvgIpc) is 2.36. The molecule has 2 atom stereocenters. The van der Waals surface area contributed by atoms with Crippen LogP contribution < -0.4 is 5.73 Å². The molecule has 0 aromatic heterocycles. The van der Waals surface area contributed by atoms with Gasteiger partial charge in [0.2, 0.25) is 5.91 Å². The second-order valence-corrected chi connectivity index (χ2v) is 4.84. The lowest BCUT2D eigenvalue weighted by atomic mass is 9.98. The number of likely N-dealkylation sites (tertiary alicyclic amines) is 1. The molecule has 0 saturated carbocycles. The number of hydrogen-bond donors (Lipinski definition) is 1. The second-order valence-electron chi connectivity index (χ2n) is 4.84. The monoisotopic (exact) mass is 232 g/mol. The molecule has 17 heavy (non-hydrogen) atoms. The van der Waals surface area contributed by atoms with Crippen LogP contribution in [-0.4, -0.2) is 29.9 Å². The van der Waals surface area contributed by atoms with Gasteiger partial charge in [-0.05, 0) is 24.3 Å². The molecule has 3 heteroatoms. The molecule has 92 valence electrons. The molecule has 1 aromatic carbocycles. The van der Waals surface area contributed by atoms with Crippen LogP contribution in [0.1, 0.15) is 31.2 Å². The number of amides is 1. The van der Waals surface area contributed by atoms with E-state index in [1.165, 1.54) is 5.56 Å². The van der Waals surface area contributed by atoms with E-state index in [0.717, 1.165) is 25.9 Å². The minimum atomic E-state index is -0.285. The summed E-state index contributed by atoms with van der Waals surface area (Å²) in [5.74, 6) is 0.476. The topological polar surface area (TPSA) is 46.3 Å². The molecule has 1 aliphatic rings. The largest absolute Gasteiger partial charge is 0.341 e. The molecule has 1 amide bonds. The summed E-state index contributed by atoms with van der Waals surface area (Å²) in [6, 6.07) is 10.0. The van der Waals surface area contributed by atoms with Crippen molar-refractivity contribution < 1.29 is 4.79 Å². The van der Waals surface area contributed by atoms with Gasteiger partial charge in [0, 0.05) is 13.1 Å². The van der Waals surface area contributed by atoms with Crippen LogP contribution in [0, 0.1) is 0 Å². The minimum absolute atomic E-state index is 0.110. The Kier molecular flexibility index (Phi) is 3.79. The molecule has 0 aliphatic carbocycles. The molecule has 0 bridgehead atoms. The Morgan fingerprint density at radius 3 is 2.82 bits per heavy atom. The summed E-state index contributed by atoms with van der Waals surface area (Å²) in [5.41, 5.74) is 7.07. The summed E-state index contributed by atoms with van der Waals surface area (Å²) in [6.45, 7) is 3.78. The molecular formula is C14H20N2O. The molecule has 0 spiro atoms. The first-order chi connectivity index (χ1) is 8.18. The Balaban J connectivity index is 1.99. The number of hydrogen-bond acceptors (Lipinski definition) is 2. The van der Waals surface area contributed by atoms with Crippen molar-refractivity contribution >= 4 is 5.91 Å². The van der Waals surface area contributed by atoms with Gasteiger partial charge >= 0.3 is 0 Å². The summed E-state index contributed by atoms with van der Waals surface area (Å²) in [5, 5.41) is 0. The summed E-state index contributed by atoms with van der Waals surface area (Å²) >= 11 is 0. The van der Waals surface area contributed by atoms with Crippen molar-refractivity contribution in [3.05, 3.63) is 35.9 Å². The average molecular weight is 232 g/mol. The quantitative estimate of drug-likeness (QED) is 0.863. The lowest BCUT2D eigenvalue weighted by Gasteiger charge is -2.32. The van der Waals surface area contributed by atoms with Crippen LogP contribution in [0.15, 0.2) is 30.3 Å². The van der Waals surface area contributed by atoms with Gasteiger partial charge in [-0.15, -0.1) is 0 Å². The van der Waals surface area contributed by atoms with Crippen molar-refractivity contribution in [3.63, 3.8) is 0 Å². The summed E-state index contributed by atoms with van der Waals surface area (Å²) < 4.78 is 0. The normalized spacial score (nSPS) is 22.6. The number of rotatable bonds is 3. The number of carbonyl (C=O) groups excluding carboxylic acids is 1. The predicted octanol–water partition coefficient (Wildman–Crippen LogP) is 1.74. The van der Waals surface area contributed by atoms with Crippen LogP contribution in [0.25, 0.3) is 0 Å². The van der Waals surface area contributed by atoms with Gasteiger partial charge in [0.1, 0.15) is 0 Å². The van der Waals surface area contributed by atoms with Gasteiger partial charge in [0.15, 0.2) is 0 Å². The first-order valence-corrected chi connectivity index (χ1v) is 6.28. The number of carbonyl (C=O) groups is 1. The SMILES string of the molecule is CC(CN1CCCC(N)C1=O)c1ccccc1. The van der Waals surface area contributed by atoms with Crippen LogP contribution >= 0.6 is 0 Å². The Bertz CT molecular complexity index is 377. The third-order valence-corrected chi connectivity index (χ3v) is 3.43. The van der Waals surface area contributed by atoms with Gasteiger partial charge in [-0.2, -0.15) is 0 Å². The number of nitrogens with zero attached hydrogens (tertiary/aromatic N) is 1. The maximum absolute atomic E-state index is 11.9. The molecule has 1 saturated heterocycles. The molecule has 2 rings (SSSR count). The van der Waals surface area contributed by atoms with Crippen LogP contribution in [0.2, 0.25) is 0 Å². The van der Waals surface area contributed by atoms with E-state index >= 15 is 0 Å². The summed E-state index contributed by atoms with van der Waals surface area (Å²) in [7, 11) is 0. The highest BCUT2D eigenvalue weighted by Gasteiger charge is 2.26. The maximum Gasteiger partial charge on any atom is 0.239 e. The minimum Gasteiger partial charge on any atom is -0.341 e. The lowest BCUT2D eigenvalue weighted by Crippen LogP contribution is -2.49. The standard InChI is InChI=1S/C14H20N2O/c1-11(12-6-3-2-4-7-12)10-16-9-5-8-13(15)14(16)17/h2-4,6-7,11,13H,5,8-10,15H2,1H3. The van der Waals surface area contributed by atoms with Crippen molar-refractivity contribution in [3.8, 4) is 0 Å². The highest BCUT2D eigenvalue weighted by molar-refractivity contribution is 5.82. The number of nitrogens with two attached hydrogens (primary N) is 1. The van der Waals surface area contributed by atoms with Crippen molar-refractivity contribution in [2.24, 2.45) is 5.73 Å². The van der Waals surface area contributed by atoms with Gasteiger partial charge < -0.3 is 10.6 Å². The number of piperidine rings is 1. The fourth-order valence-corrected chi connectivity index (χ4v) is 2.37. The fraction of sp³-hybridized carbons (Fsp3) is 0.500. The summed E-state index contributed by atoms with van der Waals surface area (Å²) in [4.78, 5) is 13.8. The third kappa shape index (κ3) is 2.86. The number of benzene rings is 1. The lowest BCUT2D eigenvalue weighted by molar-refractivity contribution is -0.135. The van der Waals surface area contributed by atoms with Crippen molar-refractivity contribution in [1.82, 2.24) is 4.90 Å².